The molecule has 13 heavy (non-hydrogen) atoms. The van der Waals surface area contributed by atoms with E-state index in [2.05, 4.69) is 27.9 Å². The number of nitrogens with one attached hydrogen (secondary N) is 1. The number of carbonyl (C=O) groups excluding carboxylic acids is 1. The van der Waals surface area contributed by atoms with Crippen molar-refractivity contribution in [3.8, 4) is 0 Å². The highest BCUT2D eigenvalue weighted by atomic mass is 127. The first-order valence-corrected chi connectivity index (χ1v) is 4.96. The lowest BCUT2D eigenvalue weighted by atomic mass is 10.3. The molecule has 0 aromatic heterocycles. The van der Waals surface area contributed by atoms with Gasteiger partial charge in [-0.15, -0.1) is 0 Å². The molecule has 0 aliphatic carbocycles. The summed E-state index contributed by atoms with van der Waals surface area (Å²) in [4.78, 5) is 10.6. The van der Waals surface area contributed by atoms with Crippen LogP contribution in [-0.2, 0) is 4.79 Å². The lowest BCUT2D eigenvalue weighted by molar-refractivity contribution is -0.112. The number of hydrogen-bond donors (Lipinski definition) is 1. The van der Waals surface area contributed by atoms with Gasteiger partial charge in [0, 0.05) is 9.77 Å². The Balaban J connectivity index is 2.64. The zero-order valence-corrected chi connectivity index (χ0v) is 9.41. The Kier molecular flexibility index (Phi) is 3.95. The molecule has 0 spiro atoms. The van der Waals surface area contributed by atoms with Gasteiger partial charge in [-0.05, 0) is 47.7 Å². The van der Waals surface area contributed by atoms with Gasteiger partial charge >= 0.3 is 0 Å². The van der Waals surface area contributed by atoms with E-state index in [1.807, 2.05) is 24.3 Å². The molecule has 0 radical (unpaired) electrons. The second-order valence-corrected chi connectivity index (χ2v) is 3.73. The maximum Gasteiger partial charge on any atom is 0.154 e. The van der Waals surface area contributed by atoms with Crippen LogP contribution < -0.4 is 5.32 Å². The lowest BCUT2D eigenvalue weighted by Crippen LogP contribution is -1.91. The van der Waals surface area contributed by atoms with Gasteiger partial charge in [-0.1, -0.05) is 12.1 Å². The fourth-order valence-electron chi connectivity index (χ4n) is 0.827. The Bertz CT molecular complexity index is 333. The molecule has 0 aliphatic heterocycles. The summed E-state index contributed by atoms with van der Waals surface area (Å²) in [6.07, 6.45) is 3.16. The third kappa shape index (κ3) is 3.59. The van der Waals surface area contributed by atoms with Crippen molar-refractivity contribution in [2.45, 2.75) is 6.92 Å². The summed E-state index contributed by atoms with van der Waals surface area (Å²) in [6.45, 7) is 1.52. The van der Waals surface area contributed by atoms with Crippen molar-refractivity contribution in [1.82, 2.24) is 0 Å². The molecule has 3 heteroatoms. The van der Waals surface area contributed by atoms with E-state index in [-0.39, 0.29) is 5.78 Å². The standard InChI is InChI=1S/C10H10INO/c1-8(13)6-7-12-10-5-3-2-4-9(10)11/h2-7,12H,1H3/b7-6+. The number of rotatable bonds is 3. The summed E-state index contributed by atoms with van der Waals surface area (Å²) < 4.78 is 1.13. The number of carbonyl (C=O) groups is 1. The van der Waals surface area contributed by atoms with Gasteiger partial charge in [0.25, 0.3) is 0 Å². The highest BCUT2D eigenvalue weighted by molar-refractivity contribution is 14.1. The maximum absolute atomic E-state index is 10.6. The molecule has 0 unspecified atom stereocenters. The van der Waals surface area contributed by atoms with Crippen LogP contribution in [0.25, 0.3) is 0 Å². The van der Waals surface area contributed by atoms with Crippen LogP contribution in [0, 0.1) is 3.57 Å². The number of benzene rings is 1. The van der Waals surface area contributed by atoms with E-state index in [0.29, 0.717) is 0 Å². The minimum Gasteiger partial charge on any atom is -0.361 e. The highest BCUT2D eigenvalue weighted by Crippen LogP contribution is 2.16. The van der Waals surface area contributed by atoms with E-state index in [9.17, 15) is 4.79 Å². The maximum atomic E-state index is 10.6. The minimum atomic E-state index is 0.0402. The lowest BCUT2D eigenvalue weighted by Gasteiger charge is -2.01. The average molecular weight is 287 g/mol. The van der Waals surface area contributed by atoms with E-state index in [1.54, 1.807) is 6.20 Å². The Morgan fingerprint density at radius 2 is 2.15 bits per heavy atom. The molecule has 0 atom stereocenters. The number of hydrogen-bond acceptors (Lipinski definition) is 2. The van der Waals surface area contributed by atoms with Crippen LogP contribution in [0.4, 0.5) is 5.69 Å². The van der Waals surface area contributed by atoms with E-state index >= 15 is 0 Å². The molecule has 1 aromatic carbocycles. The molecule has 0 amide bonds. The van der Waals surface area contributed by atoms with E-state index in [0.717, 1.165) is 9.26 Å². The van der Waals surface area contributed by atoms with Crippen LogP contribution in [0.1, 0.15) is 6.92 Å². The first-order chi connectivity index (χ1) is 6.20. The van der Waals surface area contributed by atoms with Crippen molar-refractivity contribution in [3.05, 3.63) is 40.1 Å². The number of anilines is 1. The third-order valence-corrected chi connectivity index (χ3v) is 2.37. The molecule has 0 bridgehead atoms. The number of halogens is 1. The van der Waals surface area contributed by atoms with Crippen LogP contribution in [0.5, 0.6) is 0 Å². The molecule has 0 fully saturated rings. The van der Waals surface area contributed by atoms with Crippen molar-refractivity contribution in [2.24, 2.45) is 0 Å². The normalized spacial score (nSPS) is 10.3. The van der Waals surface area contributed by atoms with Crippen molar-refractivity contribution >= 4 is 34.1 Å². The summed E-state index contributed by atoms with van der Waals surface area (Å²) in [5.74, 6) is 0.0402. The summed E-state index contributed by atoms with van der Waals surface area (Å²) in [6, 6.07) is 7.89. The molecular formula is C10H10INO. The summed E-state index contributed by atoms with van der Waals surface area (Å²) in [5, 5.41) is 3.04. The highest BCUT2D eigenvalue weighted by Gasteiger charge is 1.93. The Morgan fingerprint density at radius 3 is 2.77 bits per heavy atom. The average Bonchev–Trinajstić information content (AvgIpc) is 2.08. The van der Waals surface area contributed by atoms with Crippen molar-refractivity contribution in [2.75, 3.05) is 5.32 Å². The molecule has 1 aromatic rings. The predicted octanol–water partition coefficient (Wildman–Crippen LogP) is 2.81. The third-order valence-electron chi connectivity index (χ3n) is 1.43. The van der Waals surface area contributed by atoms with Crippen molar-refractivity contribution < 1.29 is 4.79 Å². The summed E-state index contributed by atoms with van der Waals surface area (Å²) in [7, 11) is 0. The second kappa shape index (κ2) is 5.01. The van der Waals surface area contributed by atoms with Gasteiger partial charge < -0.3 is 5.32 Å². The number of allylic oxidation sites excluding steroid dienone is 1. The molecule has 68 valence electrons. The van der Waals surface area contributed by atoms with Crippen LogP contribution in [0.15, 0.2) is 36.5 Å². The van der Waals surface area contributed by atoms with Gasteiger partial charge in [-0.25, -0.2) is 0 Å². The fraction of sp³-hybridized carbons (Fsp3) is 0.100. The van der Waals surface area contributed by atoms with E-state index in [4.69, 9.17) is 0 Å². The Labute approximate surface area is 91.2 Å². The monoisotopic (exact) mass is 287 g/mol. The summed E-state index contributed by atoms with van der Waals surface area (Å²) in [5.41, 5.74) is 1.01. The molecule has 0 saturated heterocycles. The first-order valence-electron chi connectivity index (χ1n) is 3.88. The van der Waals surface area contributed by atoms with Crippen LogP contribution in [0.3, 0.4) is 0 Å². The molecular weight excluding hydrogens is 277 g/mol. The van der Waals surface area contributed by atoms with Crippen LogP contribution in [0.2, 0.25) is 0 Å². The molecule has 0 saturated carbocycles. The van der Waals surface area contributed by atoms with E-state index < -0.39 is 0 Å². The number of para-hydroxylation sites is 1. The van der Waals surface area contributed by atoms with E-state index in [1.165, 1.54) is 13.0 Å². The van der Waals surface area contributed by atoms with Gasteiger partial charge in [-0.2, -0.15) is 0 Å². The molecule has 2 nitrogen and oxygen atoms in total. The molecule has 1 N–H and O–H groups in total. The minimum absolute atomic E-state index is 0.0402. The number of ketones is 1. The van der Waals surface area contributed by atoms with Gasteiger partial charge in [0.15, 0.2) is 5.78 Å². The topological polar surface area (TPSA) is 29.1 Å². The Morgan fingerprint density at radius 1 is 1.46 bits per heavy atom. The van der Waals surface area contributed by atoms with Gasteiger partial charge in [-0.3, -0.25) is 4.79 Å². The van der Waals surface area contributed by atoms with Crippen molar-refractivity contribution in [3.63, 3.8) is 0 Å². The predicted molar refractivity (Wildman–Crippen MR) is 62.6 cm³/mol. The molecule has 0 aliphatic rings. The molecule has 0 heterocycles. The SMILES string of the molecule is CC(=O)/C=C/Nc1ccccc1I. The quantitative estimate of drug-likeness (QED) is 0.684. The van der Waals surface area contributed by atoms with Gasteiger partial charge in [0.05, 0.1) is 5.69 Å². The van der Waals surface area contributed by atoms with Crippen molar-refractivity contribution in [1.29, 1.82) is 0 Å². The van der Waals surface area contributed by atoms with Crippen LogP contribution in [-0.4, -0.2) is 5.78 Å². The summed E-state index contributed by atoms with van der Waals surface area (Å²) >= 11 is 2.24. The zero-order chi connectivity index (χ0) is 9.68. The first kappa shape index (κ1) is 10.2. The Hall–Kier alpha value is -0.840. The van der Waals surface area contributed by atoms with Gasteiger partial charge in [0.2, 0.25) is 0 Å². The fourth-order valence-corrected chi connectivity index (χ4v) is 1.37. The van der Waals surface area contributed by atoms with Crippen LogP contribution >= 0.6 is 22.6 Å². The second-order valence-electron chi connectivity index (χ2n) is 2.57. The molecule has 1 rings (SSSR count). The van der Waals surface area contributed by atoms with Gasteiger partial charge in [0.1, 0.15) is 0 Å². The smallest absolute Gasteiger partial charge is 0.154 e. The zero-order valence-electron chi connectivity index (χ0n) is 7.25. The largest absolute Gasteiger partial charge is 0.361 e.